The molecule has 0 atom stereocenters. The molecule has 0 unspecified atom stereocenters. The summed E-state index contributed by atoms with van der Waals surface area (Å²) >= 11 is 1.41. The molecule has 0 aliphatic heterocycles. The highest BCUT2D eigenvalue weighted by atomic mass is 32.1. The van der Waals surface area contributed by atoms with Crippen molar-refractivity contribution in [3.63, 3.8) is 0 Å². The highest BCUT2D eigenvalue weighted by molar-refractivity contribution is 7.19. The van der Waals surface area contributed by atoms with Gasteiger partial charge < -0.3 is 5.73 Å². The first-order chi connectivity index (χ1) is 11.6. The van der Waals surface area contributed by atoms with Crippen molar-refractivity contribution < 1.29 is 4.39 Å². The Morgan fingerprint density at radius 3 is 2.50 bits per heavy atom. The van der Waals surface area contributed by atoms with Gasteiger partial charge in [-0.3, -0.25) is 9.97 Å². The molecule has 6 heteroatoms. The number of nitrogens with zero attached hydrogens (tertiary/aromatic N) is 3. The molecule has 118 valence electrons. The Morgan fingerprint density at radius 2 is 1.71 bits per heavy atom. The maximum absolute atomic E-state index is 13.6. The summed E-state index contributed by atoms with van der Waals surface area (Å²) in [7, 11) is 0. The number of rotatable bonds is 2. The van der Waals surface area contributed by atoms with Crippen molar-refractivity contribution in [2.75, 3.05) is 5.73 Å². The van der Waals surface area contributed by atoms with Gasteiger partial charge in [0.25, 0.3) is 0 Å². The maximum atomic E-state index is 13.6. The average Bonchev–Trinajstić information content (AvgIpc) is 2.99. The minimum absolute atomic E-state index is 0.232. The molecule has 4 nitrogen and oxygen atoms in total. The number of aromatic nitrogens is 3. The number of benzene rings is 2. The summed E-state index contributed by atoms with van der Waals surface area (Å²) in [5, 5.41) is 0.473. The van der Waals surface area contributed by atoms with E-state index in [1.807, 2.05) is 18.2 Å². The first-order valence-electron chi connectivity index (χ1n) is 7.36. The Hall–Kier alpha value is -2.86. The summed E-state index contributed by atoms with van der Waals surface area (Å²) in [6, 6.07) is 10.8. The second-order valence-corrected chi connectivity index (χ2v) is 6.48. The van der Waals surface area contributed by atoms with E-state index in [2.05, 4.69) is 15.0 Å². The molecule has 0 aliphatic carbocycles. The molecule has 0 amide bonds. The third-order valence-electron chi connectivity index (χ3n) is 3.81. The van der Waals surface area contributed by atoms with Crippen molar-refractivity contribution in [1.29, 1.82) is 0 Å². The number of aryl methyl sites for hydroxylation is 1. The van der Waals surface area contributed by atoms with E-state index in [4.69, 9.17) is 5.73 Å². The van der Waals surface area contributed by atoms with Crippen molar-refractivity contribution in [2.24, 2.45) is 0 Å². The van der Waals surface area contributed by atoms with Gasteiger partial charge >= 0.3 is 0 Å². The van der Waals surface area contributed by atoms with Crippen molar-refractivity contribution in [2.45, 2.75) is 6.92 Å². The molecule has 2 heterocycles. The quantitative estimate of drug-likeness (QED) is 0.587. The fourth-order valence-corrected chi connectivity index (χ4v) is 3.48. The highest BCUT2D eigenvalue weighted by Crippen LogP contribution is 2.39. The van der Waals surface area contributed by atoms with Crippen LogP contribution in [0.25, 0.3) is 32.7 Å². The largest absolute Gasteiger partial charge is 0.375 e. The van der Waals surface area contributed by atoms with Crippen LogP contribution in [0.2, 0.25) is 0 Å². The van der Waals surface area contributed by atoms with E-state index in [9.17, 15) is 4.39 Å². The van der Waals surface area contributed by atoms with Crippen LogP contribution >= 0.6 is 11.3 Å². The fourth-order valence-electron chi connectivity index (χ4n) is 2.62. The number of halogens is 1. The lowest BCUT2D eigenvalue weighted by atomic mass is 10.0. The van der Waals surface area contributed by atoms with Crippen LogP contribution in [0.15, 0.2) is 48.8 Å². The Bertz CT molecular complexity index is 1060. The smallest absolute Gasteiger partial charge is 0.181 e. The normalized spacial score (nSPS) is 11.1. The molecule has 4 aromatic rings. The van der Waals surface area contributed by atoms with E-state index in [1.165, 1.54) is 17.4 Å². The Kier molecular flexibility index (Phi) is 3.46. The molecule has 0 aliphatic rings. The first kappa shape index (κ1) is 14.7. The van der Waals surface area contributed by atoms with Gasteiger partial charge in [0.1, 0.15) is 5.82 Å². The number of hydrogen-bond donors (Lipinski definition) is 1. The molecule has 0 saturated heterocycles. The molecule has 0 saturated carbocycles. The molecule has 0 bridgehead atoms. The number of nitrogens with two attached hydrogens (primary N) is 1. The van der Waals surface area contributed by atoms with E-state index in [1.54, 1.807) is 31.5 Å². The van der Waals surface area contributed by atoms with Crippen LogP contribution in [0.3, 0.4) is 0 Å². The van der Waals surface area contributed by atoms with Crippen LogP contribution < -0.4 is 5.73 Å². The predicted molar refractivity (Wildman–Crippen MR) is 95.2 cm³/mol. The van der Waals surface area contributed by atoms with Gasteiger partial charge in [0.15, 0.2) is 5.13 Å². The van der Waals surface area contributed by atoms with Crippen molar-refractivity contribution in [3.05, 3.63) is 60.2 Å². The van der Waals surface area contributed by atoms with Crippen molar-refractivity contribution >= 4 is 27.5 Å². The molecule has 2 aromatic carbocycles. The van der Waals surface area contributed by atoms with E-state index in [0.717, 1.165) is 32.7 Å². The minimum atomic E-state index is -0.232. The molecule has 2 aromatic heterocycles. The van der Waals surface area contributed by atoms with Crippen LogP contribution in [0.4, 0.5) is 9.52 Å². The Balaban J connectivity index is 1.90. The number of anilines is 1. The molecule has 2 N–H and O–H groups in total. The van der Waals surface area contributed by atoms with Crippen LogP contribution in [-0.4, -0.2) is 15.0 Å². The minimum Gasteiger partial charge on any atom is -0.375 e. The zero-order valence-corrected chi connectivity index (χ0v) is 13.6. The van der Waals surface area contributed by atoms with E-state index >= 15 is 0 Å². The molecule has 24 heavy (non-hydrogen) atoms. The van der Waals surface area contributed by atoms with Crippen molar-refractivity contribution in [3.8, 4) is 21.7 Å². The third kappa shape index (κ3) is 2.51. The summed E-state index contributed by atoms with van der Waals surface area (Å²) in [6.45, 7) is 1.74. The van der Waals surface area contributed by atoms with Gasteiger partial charge in [-0.1, -0.05) is 17.4 Å². The zero-order chi connectivity index (χ0) is 16.7. The summed E-state index contributed by atoms with van der Waals surface area (Å²) in [5.41, 5.74) is 10.7. The molecular weight excluding hydrogens is 323 g/mol. The second-order valence-electron chi connectivity index (χ2n) is 5.45. The lowest BCUT2D eigenvalue weighted by molar-refractivity contribution is 0.619. The number of thiazole rings is 1. The van der Waals surface area contributed by atoms with Crippen LogP contribution in [0, 0.1) is 12.7 Å². The molecule has 0 radical (unpaired) electrons. The van der Waals surface area contributed by atoms with Crippen LogP contribution in [-0.2, 0) is 0 Å². The van der Waals surface area contributed by atoms with Crippen molar-refractivity contribution in [1.82, 2.24) is 15.0 Å². The number of fused-ring (bicyclic) bond motifs is 1. The zero-order valence-electron chi connectivity index (χ0n) is 12.8. The Morgan fingerprint density at radius 1 is 0.958 bits per heavy atom. The second kappa shape index (κ2) is 5.65. The van der Waals surface area contributed by atoms with Gasteiger partial charge in [0.2, 0.25) is 0 Å². The number of nitrogen functional groups attached to an aromatic ring is 1. The van der Waals surface area contributed by atoms with Gasteiger partial charge in [0, 0.05) is 18.0 Å². The van der Waals surface area contributed by atoms with Gasteiger partial charge in [0.05, 0.1) is 21.6 Å². The topological polar surface area (TPSA) is 64.7 Å². The van der Waals surface area contributed by atoms with Crippen LogP contribution in [0.5, 0.6) is 0 Å². The van der Waals surface area contributed by atoms with Gasteiger partial charge in [-0.05, 0) is 48.4 Å². The first-order valence-corrected chi connectivity index (χ1v) is 8.17. The predicted octanol–water partition coefficient (Wildman–Crippen LogP) is 4.45. The molecular formula is C18H13FN4S. The number of hydrogen-bond acceptors (Lipinski definition) is 5. The Labute approximate surface area is 141 Å². The summed E-state index contributed by atoms with van der Waals surface area (Å²) in [5.74, 6) is -0.232. The maximum Gasteiger partial charge on any atom is 0.181 e. The molecule has 0 spiro atoms. The van der Waals surface area contributed by atoms with E-state index in [0.29, 0.717) is 10.7 Å². The molecule has 4 rings (SSSR count). The summed E-state index contributed by atoms with van der Waals surface area (Å²) in [4.78, 5) is 14.0. The SMILES string of the molecule is Cc1cc(-c2nc(N)sc2-c2ccc3nccnc3c2)ccc1F. The summed E-state index contributed by atoms with van der Waals surface area (Å²) < 4.78 is 13.6. The highest BCUT2D eigenvalue weighted by Gasteiger charge is 2.15. The van der Waals surface area contributed by atoms with Crippen LogP contribution in [0.1, 0.15) is 5.56 Å². The van der Waals surface area contributed by atoms with E-state index < -0.39 is 0 Å². The van der Waals surface area contributed by atoms with Gasteiger partial charge in [-0.25, -0.2) is 9.37 Å². The molecule has 0 fully saturated rings. The average molecular weight is 336 g/mol. The standard InChI is InChI=1S/C18H13FN4S/c1-10-8-11(2-4-13(10)19)16-17(24-18(20)23-16)12-3-5-14-15(9-12)22-7-6-21-14/h2-9H,1H3,(H2,20,23). The lowest BCUT2D eigenvalue weighted by Gasteiger charge is -2.05. The monoisotopic (exact) mass is 336 g/mol. The van der Waals surface area contributed by atoms with Gasteiger partial charge in [-0.2, -0.15) is 0 Å². The summed E-state index contributed by atoms with van der Waals surface area (Å²) in [6.07, 6.45) is 3.33. The van der Waals surface area contributed by atoms with Gasteiger partial charge in [-0.15, -0.1) is 0 Å². The third-order valence-corrected chi connectivity index (χ3v) is 4.74. The lowest BCUT2D eigenvalue weighted by Crippen LogP contribution is -1.88. The fraction of sp³-hybridized carbons (Fsp3) is 0.0556. The van der Waals surface area contributed by atoms with E-state index in [-0.39, 0.29) is 5.82 Å².